The van der Waals surface area contributed by atoms with Gasteiger partial charge >= 0.3 is 5.97 Å². The molecular weight excluding hydrogens is 452 g/mol. The highest BCUT2D eigenvalue weighted by atomic mass is 19.1. The summed E-state index contributed by atoms with van der Waals surface area (Å²) < 4.78 is 33.6. The number of hydrogen-bond acceptors (Lipinski definition) is 5. The van der Waals surface area contributed by atoms with Crippen molar-refractivity contribution < 1.29 is 23.1 Å². The standard InChI is InChI=1S/C27H23F2N3O3/c1-35-27(34)25-21(3-2-4-23(25)28)17-7-8-18(24(29)12-17)14-32-26(33)22-11-19(22)15-31-20-9-5-16(13-30)6-10-20/h2-10,12,19,22,31H,11,14-15H2,1H3,(H,32,33). The van der Waals surface area contributed by atoms with Gasteiger partial charge in [0.2, 0.25) is 5.91 Å². The third-order valence-electron chi connectivity index (χ3n) is 6.06. The van der Waals surface area contributed by atoms with Crippen LogP contribution in [0, 0.1) is 34.8 Å². The number of carbonyl (C=O) groups is 2. The Bertz CT molecular complexity index is 1300. The predicted octanol–water partition coefficient (Wildman–Crippen LogP) is 4.65. The Morgan fingerprint density at radius 2 is 1.86 bits per heavy atom. The minimum absolute atomic E-state index is 0.0181. The average Bonchev–Trinajstić information content (AvgIpc) is 3.66. The van der Waals surface area contributed by atoms with E-state index in [1.54, 1.807) is 18.2 Å². The van der Waals surface area contributed by atoms with Crippen molar-refractivity contribution in [2.75, 3.05) is 19.0 Å². The lowest BCUT2D eigenvalue weighted by Crippen LogP contribution is -2.26. The summed E-state index contributed by atoms with van der Waals surface area (Å²) in [5.41, 5.74) is 2.04. The maximum absolute atomic E-state index is 14.8. The second-order valence-corrected chi connectivity index (χ2v) is 8.35. The van der Waals surface area contributed by atoms with Gasteiger partial charge in [-0.3, -0.25) is 4.79 Å². The fourth-order valence-electron chi connectivity index (χ4n) is 3.95. The molecule has 0 bridgehead atoms. The van der Waals surface area contributed by atoms with Gasteiger partial charge in [-0.15, -0.1) is 0 Å². The highest BCUT2D eigenvalue weighted by Gasteiger charge is 2.42. The Kier molecular flexibility index (Phi) is 7.06. The Morgan fingerprint density at radius 3 is 2.54 bits per heavy atom. The van der Waals surface area contributed by atoms with E-state index in [9.17, 15) is 18.4 Å². The van der Waals surface area contributed by atoms with E-state index in [0.717, 1.165) is 25.3 Å². The van der Waals surface area contributed by atoms with E-state index in [2.05, 4.69) is 21.4 Å². The molecule has 1 saturated carbocycles. The summed E-state index contributed by atoms with van der Waals surface area (Å²) >= 11 is 0. The smallest absolute Gasteiger partial charge is 0.341 e. The molecule has 2 unspecified atom stereocenters. The molecule has 1 fully saturated rings. The summed E-state index contributed by atoms with van der Waals surface area (Å²) in [5, 5.41) is 14.9. The molecular formula is C27H23F2N3O3. The number of rotatable bonds is 8. The van der Waals surface area contributed by atoms with E-state index in [4.69, 9.17) is 5.26 Å². The number of nitriles is 1. The van der Waals surface area contributed by atoms with Crippen molar-refractivity contribution in [2.24, 2.45) is 11.8 Å². The van der Waals surface area contributed by atoms with Crippen LogP contribution in [0.5, 0.6) is 0 Å². The Balaban J connectivity index is 1.33. The average molecular weight is 475 g/mol. The zero-order chi connectivity index (χ0) is 24.9. The first kappa shape index (κ1) is 23.9. The van der Waals surface area contributed by atoms with Crippen LogP contribution >= 0.6 is 0 Å². The monoisotopic (exact) mass is 475 g/mol. The zero-order valence-electron chi connectivity index (χ0n) is 19.0. The van der Waals surface area contributed by atoms with Crippen LogP contribution in [0.25, 0.3) is 11.1 Å². The Hall–Kier alpha value is -4.25. The number of halogens is 2. The van der Waals surface area contributed by atoms with Gasteiger partial charge in [0.15, 0.2) is 0 Å². The molecule has 2 N–H and O–H groups in total. The molecule has 0 aliphatic heterocycles. The summed E-state index contributed by atoms with van der Waals surface area (Å²) in [6, 6.07) is 17.5. The highest BCUT2D eigenvalue weighted by molar-refractivity contribution is 5.97. The van der Waals surface area contributed by atoms with Crippen molar-refractivity contribution in [1.82, 2.24) is 5.32 Å². The maximum atomic E-state index is 14.8. The number of methoxy groups -OCH3 is 1. The first-order chi connectivity index (χ1) is 16.9. The number of anilines is 1. The maximum Gasteiger partial charge on any atom is 0.341 e. The molecule has 0 heterocycles. The number of benzene rings is 3. The molecule has 3 aromatic rings. The molecule has 1 amide bonds. The lowest BCUT2D eigenvalue weighted by molar-refractivity contribution is -0.122. The summed E-state index contributed by atoms with van der Waals surface area (Å²) in [5.74, 6) is -2.27. The second kappa shape index (κ2) is 10.3. The molecule has 178 valence electrons. The van der Waals surface area contributed by atoms with Crippen molar-refractivity contribution in [1.29, 1.82) is 5.26 Å². The SMILES string of the molecule is COC(=O)c1c(F)cccc1-c1ccc(CNC(=O)C2CC2CNc2ccc(C#N)cc2)c(F)c1. The van der Waals surface area contributed by atoms with Gasteiger partial charge in [-0.25, -0.2) is 13.6 Å². The van der Waals surface area contributed by atoms with Crippen molar-refractivity contribution >= 4 is 17.6 Å². The Morgan fingerprint density at radius 1 is 1.09 bits per heavy atom. The van der Waals surface area contributed by atoms with E-state index < -0.39 is 17.6 Å². The molecule has 0 spiro atoms. The van der Waals surface area contributed by atoms with Crippen LogP contribution in [0.3, 0.4) is 0 Å². The van der Waals surface area contributed by atoms with Crippen molar-refractivity contribution in [2.45, 2.75) is 13.0 Å². The number of carbonyl (C=O) groups excluding carboxylic acids is 2. The van der Waals surface area contributed by atoms with Crippen LogP contribution in [-0.4, -0.2) is 25.5 Å². The molecule has 1 aliphatic rings. The molecule has 0 aromatic heterocycles. The van der Waals surface area contributed by atoms with E-state index in [1.165, 1.54) is 24.3 Å². The molecule has 2 atom stereocenters. The molecule has 8 heteroatoms. The van der Waals surface area contributed by atoms with E-state index in [0.29, 0.717) is 17.7 Å². The molecule has 35 heavy (non-hydrogen) atoms. The Labute approximate surface area is 201 Å². The highest BCUT2D eigenvalue weighted by Crippen LogP contribution is 2.38. The van der Waals surface area contributed by atoms with Crippen LogP contribution in [0.4, 0.5) is 14.5 Å². The summed E-state index contributed by atoms with van der Waals surface area (Å²) in [6.07, 6.45) is 0.742. The van der Waals surface area contributed by atoms with Crippen molar-refractivity contribution in [3.8, 4) is 17.2 Å². The number of ether oxygens (including phenoxy) is 1. The molecule has 1 aliphatic carbocycles. The summed E-state index contributed by atoms with van der Waals surface area (Å²) in [7, 11) is 1.15. The summed E-state index contributed by atoms with van der Waals surface area (Å²) in [6.45, 7) is 0.646. The van der Waals surface area contributed by atoms with Crippen LogP contribution in [0.15, 0.2) is 60.7 Å². The fourth-order valence-corrected chi connectivity index (χ4v) is 3.95. The topological polar surface area (TPSA) is 91.2 Å². The third kappa shape index (κ3) is 5.46. The van der Waals surface area contributed by atoms with Crippen molar-refractivity contribution in [3.05, 3.63) is 89.0 Å². The predicted molar refractivity (Wildman–Crippen MR) is 126 cm³/mol. The quantitative estimate of drug-likeness (QED) is 0.463. The normalized spacial score (nSPS) is 16.2. The summed E-state index contributed by atoms with van der Waals surface area (Å²) in [4.78, 5) is 24.5. The van der Waals surface area contributed by atoms with Crippen LogP contribution in [-0.2, 0) is 16.1 Å². The van der Waals surface area contributed by atoms with E-state index >= 15 is 0 Å². The number of amides is 1. The van der Waals surface area contributed by atoms with Crippen LogP contribution < -0.4 is 10.6 Å². The number of hydrogen-bond donors (Lipinski definition) is 2. The van der Waals surface area contributed by atoms with Gasteiger partial charge < -0.3 is 15.4 Å². The number of nitrogens with one attached hydrogen (secondary N) is 2. The van der Waals surface area contributed by atoms with Gasteiger partial charge in [-0.2, -0.15) is 5.26 Å². The lowest BCUT2D eigenvalue weighted by atomic mass is 9.98. The minimum Gasteiger partial charge on any atom is -0.465 e. The second-order valence-electron chi connectivity index (χ2n) is 8.35. The van der Waals surface area contributed by atoms with Crippen molar-refractivity contribution in [3.63, 3.8) is 0 Å². The van der Waals surface area contributed by atoms with Gasteiger partial charge in [-0.1, -0.05) is 24.3 Å². The van der Waals surface area contributed by atoms with E-state index in [-0.39, 0.29) is 41.0 Å². The first-order valence-corrected chi connectivity index (χ1v) is 11.1. The minimum atomic E-state index is -0.845. The first-order valence-electron chi connectivity index (χ1n) is 11.1. The lowest BCUT2D eigenvalue weighted by Gasteiger charge is -2.11. The van der Waals surface area contributed by atoms with Gasteiger partial charge in [0, 0.05) is 30.3 Å². The number of nitrogens with zero attached hydrogens (tertiary/aromatic N) is 1. The van der Waals surface area contributed by atoms with Gasteiger partial charge in [0.05, 0.1) is 18.7 Å². The molecule has 0 radical (unpaired) electrons. The van der Waals surface area contributed by atoms with Gasteiger partial charge in [0.25, 0.3) is 0 Å². The third-order valence-corrected chi connectivity index (χ3v) is 6.06. The number of esters is 1. The molecule has 3 aromatic carbocycles. The van der Waals surface area contributed by atoms with Crippen LogP contribution in [0.1, 0.15) is 27.9 Å². The molecule has 4 rings (SSSR count). The van der Waals surface area contributed by atoms with E-state index in [1.807, 2.05) is 12.1 Å². The van der Waals surface area contributed by atoms with Gasteiger partial charge in [-0.05, 0) is 59.9 Å². The molecule has 6 nitrogen and oxygen atoms in total. The zero-order valence-corrected chi connectivity index (χ0v) is 19.0. The van der Waals surface area contributed by atoms with Crippen LogP contribution in [0.2, 0.25) is 0 Å². The van der Waals surface area contributed by atoms with Gasteiger partial charge in [0.1, 0.15) is 17.2 Å². The largest absolute Gasteiger partial charge is 0.465 e. The fraction of sp³-hybridized carbons (Fsp3) is 0.222. The molecule has 0 saturated heterocycles.